The van der Waals surface area contributed by atoms with Gasteiger partial charge in [0.15, 0.2) is 5.65 Å². The number of rotatable bonds is 1. The number of piperidine rings is 1. The Kier molecular flexibility index (Phi) is 2.81. The van der Waals surface area contributed by atoms with Gasteiger partial charge in [-0.3, -0.25) is 0 Å². The van der Waals surface area contributed by atoms with Crippen molar-refractivity contribution in [3.8, 4) is 0 Å². The van der Waals surface area contributed by atoms with E-state index in [2.05, 4.69) is 31.8 Å². The van der Waals surface area contributed by atoms with Crippen LogP contribution in [0.25, 0.3) is 11.0 Å². The Balaban J connectivity index is 2.05. The summed E-state index contributed by atoms with van der Waals surface area (Å²) >= 11 is 0. The molecule has 1 atom stereocenters. The topological polar surface area (TPSA) is 107 Å². The van der Waals surface area contributed by atoms with E-state index in [-0.39, 0.29) is 5.95 Å². The molecule has 2 aromatic rings. The van der Waals surface area contributed by atoms with Crippen molar-refractivity contribution in [2.75, 3.05) is 22.9 Å². The predicted molar refractivity (Wildman–Crippen MR) is 74.6 cm³/mol. The molecule has 0 saturated carbocycles. The molecule has 0 aromatic carbocycles. The number of fused-ring (bicyclic) bond motifs is 1. The van der Waals surface area contributed by atoms with Crippen molar-refractivity contribution in [3.63, 3.8) is 0 Å². The molecular weight excluding hydrogens is 242 g/mol. The van der Waals surface area contributed by atoms with Crippen molar-refractivity contribution < 1.29 is 0 Å². The maximum absolute atomic E-state index is 5.79. The fourth-order valence-corrected chi connectivity index (χ4v) is 2.48. The number of nitrogens with two attached hydrogens (primary N) is 2. The van der Waals surface area contributed by atoms with Crippen molar-refractivity contribution >= 4 is 28.7 Å². The average molecular weight is 259 g/mol. The van der Waals surface area contributed by atoms with Gasteiger partial charge in [0.2, 0.25) is 11.9 Å². The first-order valence-corrected chi connectivity index (χ1v) is 6.47. The number of hydrogen-bond acceptors (Lipinski definition) is 7. The second kappa shape index (κ2) is 4.49. The zero-order valence-electron chi connectivity index (χ0n) is 10.9. The molecule has 1 unspecified atom stereocenters. The lowest BCUT2D eigenvalue weighted by Crippen LogP contribution is -2.38. The average Bonchev–Trinajstić information content (AvgIpc) is 2.38. The highest BCUT2D eigenvalue weighted by atomic mass is 15.3. The van der Waals surface area contributed by atoms with Crippen LogP contribution >= 0.6 is 0 Å². The smallest absolute Gasteiger partial charge is 0.227 e. The van der Waals surface area contributed by atoms with Crippen LogP contribution in [0.4, 0.5) is 17.7 Å². The first-order chi connectivity index (χ1) is 9.15. The number of nitrogens with zero attached hydrogens (tertiary/aromatic N) is 5. The van der Waals surface area contributed by atoms with Crippen molar-refractivity contribution in [1.82, 2.24) is 19.9 Å². The normalized spacial score (nSPS) is 19.8. The lowest BCUT2D eigenvalue weighted by Gasteiger charge is -2.33. The van der Waals surface area contributed by atoms with E-state index in [1.165, 1.54) is 12.8 Å². The number of nitrogen functional groups attached to an aromatic ring is 2. The Labute approximate surface area is 111 Å². The van der Waals surface area contributed by atoms with Gasteiger partial charge in [-0.1, -0.05) is 0 Å². The monoisotopic (exact) mass is 259 g/mol. The molecule has 0 spiro atoms. The molecule has 0 bridgehead atoms. The maximum atomic E-state index is 5.79. The third-order valence-corrected chi connectivity index (χ3v) is 3.55. The molecule has 1 aliphatic heterocycles. The van der Waals surface area contributed by atoms with Crippen molar-refractivity contribution in [1.29, 1.82) is 0 Å². The molecule has 100 valence electrons. The van der Waals surface area contributed by atoms with Gasteiger partial charge >= 0.3 is 0 Å². The summed E-state index contributed by atoms with van der Waals surface area (Å²) in [6, 6.07) is 0.447. The van der Waals surface area contributed by atoms with Gasteiger partial charge in [-0.25, -0.2) is 4.98 Å². The second-order valence-corrected chi connectivity index (χ2v) is 4.91. The highest BCUT2D eigenvalue weighted by molar-refractivity contribution is 5.85. The summed E-state index contributed by atoms with van der Waals surface area (Å²) in [5, 5.41) is 0.641. The molecule has 3 heterocycles. The van der Waals surface area contributed by atoms with Crippen LogP contribution in [0.3, 0.4) is 0 Å². The maximum Gasteiger partial charge on any atom is 0.227 e. The van der Waals surface area contributed by atoms with Crippen molar-refractivity contribution in [2.45, 2.75) is 32.2 Å². The third kappa shape index (κ3) is 2.11. The summed E-state index contributed by atoms with van der Waals surface area (Å²) in [5.74, 6) is 1.15. The van der Waals surface area contributed by atoms with Crippen LogP contribution in [0.5, 0.6) is 0 Å². The van der Waals surface area contributed by atoms with Crippen LogP contribution in [0, 0.1) is 0 Å². The van der Waals surface area contributed by atoms with Crippen LogP contribution < -0.4 is 16.4 Å². The highest BCUT2D eigenvalue weighted by Gasteiger charge is 2.21. The first kappa shape index (κ1) is 11.9. The molecule has 7 heteroatoms. The van der Waals surface area contributed by atoms with Gasteiger partial charge < -0.3 is 16.4 Å². The SMILES string of the molecule is CC1CCCCN1c1ncc2c(N)nc(N)nc2n1. The van der Waals surface area contributed by atoms with Gasteiger partial charge in [0.05, 0.1) is 5.39 Å². The van der Waals surface area contributed by atoms with E-state index < -0.39 is 0 Å². The number of anilines is 3. The molecule has 1 aliphatic rings. The minimum Gasteiger partial charge on any atom is -0.383 e. The van der Waals surface area contributed by atoms with E-state index in [0.717, 1.165) is 13.0 Å². The molecule has 0 aliphatic carbocycles. The Morgan fingerprint density at radius 3 is 2.84 bits per heavy atom. The summed E-state index contributed by atoms with van der Waals surface area (Å²) in [6.07, 6.45) is 5.26. The summed E-state index contributed by atoms with van der Waals surface area (Å²) in [6.45, 7) is 3.16. The second-order valence-electron chi connectivity index (χ2n) is 4.91. The lowest BCUT2D eigenvalue weighted by atomic mass is 10.0. The molecule has 1 saturated heterocycles. The zero-order chi connectivity index (χ0) is 13.4. The van der Waals surface area contributed by atoms with Gasteiger partial charge in [-0.15, -0.1) is 0 Å². The van der Waals surface area contributed by atoms with Gasteiger partial charge in [-0.05, 0) is 26.2 Å². The van der Waals surface area contributed by atoms with E-state index in [0.29, 0.717) is 28.8 Å². The minimum atomic E-state index is 0.140. The van der Waals surface area contributed by atoms with Crippen LogP contribution in [-0.2, 0) is 0 Å². The van der Waals surface area contributed by atoms with E-state index in [9.17, 15) is 0 Å². The molecular formula is C12H17N7. The van der Waals surface area contributed by atoms with Gasteiger partial charge in [0.1, 0.15) is 5.82 Å². The fourth-order valence-electron chi connectivity index (χ4n) is 2.48. The minimum absolute atomic E-state index is 0.140. The molecule has 7 nitrogen and oxygen atoms in total. The van der Waals surface area contributed by atoms with Crippen molar-refractivity contribution in [3.05, 3.63) is 6.20 Å². The fraction of sp³-hybridized carbons (Fsp3) is 0.500. The lowest BCUT2D eigenvalue weighted by molar-refractivity contribution is 0.477. The summed E-state index contributed by atoms with van der Waals surface area (Å²) < 4.78 is 0. The Bertz CT molecular complexity index is 612. The Hall–Kier alpha value is -2.18. The van der Waals surface area contributed by atoms with E-state index in [1.54, 1.807) is 6.20 Å². The van der Waals surface area contributed by atoms with E-state index in [4.69, 9.17) is 11.5 Å². The van der Waals surface area contributed by atoms with Gasteiger partial charge in [-0.2, -0.15) is 15.0 Å². The van der Waals surface area contributed by atoms with Gasteiger partial charge in [0, 0.05) is 18.8 Å². The molecule has 4 N–H and O–H groups in total. The Morgan fingerprint density at radius 2 is 2.05 bits per heavy atom. The molecule has 19 heavy (non-hydrogen) atoms. The molecule has 3 rings (SSSR count). The highest BCUT2D eigenvalue weighted by Crippen LogP contribution is 2.24. The molecule has 0 radical (unpaired) electrons. The summed E-state index contributed by atoms with van der Waals surface area (Å²) in [5.41, 5.74) is 11.9. The summed E-state index contributed by atoms with van der Waals surface area (Å²) in [7, 11) is 0. The quantitative estimate of drug-likeness (QED) is 0.785. The molecule has 0 amide bonds. The van der Waals surface area contributed by atoms with Crippen LogP contribution in [0.1, 0.15) is 26.2 Å². The number of aromatic nitrogens is 4. The third-order valence-electron chi connectivity index (χ3n) is 3.55. The van der Waals surface area contributed by atoms with E-state index >= 15 is 0 Å². The largest absolute Gasteiger partial charge is 0.383 e. The molecule has 2 aromatic heterocycles. The van der Waals surface area contributed by atoms with Crippen LogP contribution in [-0.4, -0.2) is 32.5 Å². The molecule has 1 fully saturated rings. The van der Waals surface area contributed by atoms with Crippen LogP contribution in [0.2, 0.25) is 0 Å². The van der Waals surface area contributed by atoms with Crippen molar-refractivity contribution in [2.24, 2.45) is 0 Å². The standard InChI is InChI=1S/C12H17N7/c1-7-4-2-3-5-19(7)12-15-6-8-9(13)16-11(14)17-10(8)18-12/h6-7H,2-5H2,1H3,(H4,13,14,15,16,17,18). The summed E-state index contributed by atoms with van der Waals surface area (Å²) in [4.78, 5) is 19.1. The van der Waals surface area contributed by atoms with Crippen LogP contribution in [0.15, 0.2) is 6.20 Å². The van der Waals surface area contributed by atoms with E-state index in [1.807, 2.05) is 0 Å². The Morgan fingerprint density at radius 1 is 1.21 bits per heavy atom. The zero-order valence-corrected chi connectivity index (χ0v) is 10.9. The number of hydrogen-bond donors (Lipinski definition) is 2. The first-order valence-electron chi connectivity index (χ1n) is 6.47. The van der Waals surface area contributed by atoms with Gasteiger partial charge in [0.25, 0.3) is 0 Å². The predicted octanol–water partition coefficient (Wildman–Crippen LogP) is 0.963.